The van der Waals surface area contributed by atoms with Gasteiger partial charge < -0.3 is 5.32 Å². The van der Waals surface area contributed by atoms with Gasteiger partial charge in [-0.05, 0) is 69.7 Å². The SMILES string of the molecule is CCCCCCC(C)(CC)C1(Cn2nncc2CCCNC(C)(C)CCC)CC1. The first kappa shape index (κ1) is 24.4. The van der Waals surface area contributed by atoms with Gasteiger partial charge in [-0.1, -0.05) is 71.4 Å². The molecule has 1 heterocycles. The molecular formula is C25H48N4. The van der Waals surface area contributed by atoms with Crippen molar-refractivity contribution in [1.29, 1.82) is 0 Å². The van der Waals surface area contributed by atoms with E-state index in [0.29, 0.717) is 10.8 Å². The highest BCUT2D eigenvalue weighted by molar-refractivity contribution is 5.06. The summed E-state index contributed by atoms with van der Waals surface area (Å²) in [4.78, 5) is 0. The van der Waals surface area contributed by atoms with Crippen molar-refractivity contribution < 1.29 is 0 Å². The molecular weight excluding hydrogens is 356 g/mol. The van der Waals surface area contributed by atoms with Crippen LogP contribution in [0.4, 0.5) is 0 Å². The summed E-state index contributed by atoms with van der Waals surface area (Å²) in [6, 6.07) is 0. The van der Waals surface area contributed by atoms with E-state index in [9.17, 15) is 0 Å². The Balaban J connectivity index is 1.89. The van der Waals surface area contributed by atoms with Crippen LogP contribution in [0.25, 0.3) is 0 Å². The van der Waals surface area contributed by atoms with Crippen molar-refractivity contribution in [2.75, 3.05) is 6.54 Å². The Morgan fingerprint density at radius 3 is 2.38 bits per heavy atom. The van der Waals surface area contributed by atoms with Gasteiger partial charge in [-0.15, -0.1) is 5.10 Å². The predicted molar refractivity (Wildman–Crippen MR) is 124 cm³/mol. The fourth-order valence-electron chi connectivity index (χ4n) is 5.16. The Labute approximate surface area is 180 Å². The second-order valence-electron chi connectivity index (χ2n) is 10.6. The molecule has 1 aliphatic rings. The number of hydrogen-bond donors (Lipinski definition) is 1. The minimum Gasteiger partial charge on any atom is -0.312 e. The predicted octanol–water partition coefficient (Wildman–Crippen LogP) is 6.55. The summed E-state index contributed by atoms with van der Waals surface area (Å²) in [6.45, 7) is 16.2. The minimum atomic E-state index is 0.242. The molecule has 4 nitrogen and oxygen atoms in total. The van der Waals surface area contributed by atoms with Gasteiger partial charge in [0.1, 0.15) is 0 Å². The third-order valence-corrected chi connectivity index (χ3v) is 7.73. The molecule has 1 N–H and O–H groups in total. The van der Waals surface area contributed by atoms with Crippen LogP contribution < -0.4 is 5.32 Å². The highest BCUT2D eigenvalue weighted by atomic mass is 15.4. The highest BCUT2D eigenvalue weighted by Crippen LogP contribution is 2.63. The van der Waals surface area contributed by atoms with E-state index in [-0.39, 0.29) is 5.54 Å². The summed E-state index contributed by atoms with van der Waals surface area (Å²) in [5.74, 6) is 0. The van der Waals surface area contributed by atoms with Crippen LogP contribution in [0.1, 0.15) is 118 Å². The van der Waals surface area contributed by atoms with Gasteiger partial charge in [0.15, 0.2) is 0 Å². The maximum Gasteiger partial charge on any atom is 0.0725 e. The normalized spacial score (nSPS) is 18.0. The van der Waals surface area contributed by atoms with Gasteiger partial charge in [-0.25, -0.2) is 4.68 Å². The summed E-state index contributed by atoms with van der Waals surface area (Å²) in [5.41, 5.74) is 2.44. The first-order valence-corrected chi connectivity index (χ1v) is 12.4. The summed E-state index contributed by atoms with van der Waals surface area (Å²) in [5, 5.41) is 12.5. The third kappa shape index (κ3) is 6.80. The molecule has 0 bridgehead atoms. The van der Waals surface area contributed by atoms with E-state index in [1.54, 1.807) is 0 Å². The molecule has 4 heteroatoms. The van der Waals surface area contributed by atoms with E-state index in [4.69, 9.17) is 0 Å². The maximum absolute atomic E-state index is 4.50. The molecule has 1 fully saturated rings. The van der Waals surface area contributed by atoms with Gasteiger partial charge in [-0.3, -0.25) is 0 Å². The van der Waals surface area contributed by atoms with Crippen LogP contribution in [0.2, 0.25) is 0 Å². The van der Waals surface area contributed by atoms with Crippen LogP contribution >= 0.6 is 0 Å². The molecule has 0 aromatic carbocycles. The summed E-state index contributed by atoms with van der Waals surface area (Å²) in [6.07, 6.45) is 17.5. The number of aromatic nitrogens is 3. The Morgan fingerprint density at radius 1 is 1.00 bits per heavy atom. The lowest BCUT2D eigenvalue weighted by atomic mass is 9.68. The maximum atomic E-state index is 4.50. The number of aryl methyl sites for hydroxylation is 1. The topological polar surface area (TPSA) is 42.7 Å². The van der Waals surface area contributed by atoms with Crippen molar-refractivity contribution in [2.24, 2.45) is 10.8 Å². The molecule has 1 aromatic rings. The fourth-order valence-corrected chi connectivity index (χ4v) is 5.16. The van der Waals surface area contributed by atoms with Crippen molar-refractivity contribution >= 4 is 0 Å². The Morgan fingerprint density at radius 2 is 1.76 bits per heavy atom. The molecule has 1 aliphatic carbocycles. The zero-order valence-corrected chi connectivity index (χ0v) is 20.3. The second-order valence-corrected chi connectivity index (χ2v) is 10.6. The average Bonchev–Trinajstić information content (AvgIpc) is 3.35. The van der Waals surface area contributed by atoms with Crippen LogP contribution in [0.15, 0.2) is 6.20 Å². The molecule has 2 rings (SSSR count). The average molecular weight is 405 g/mol. The Kier molecular flexibility index (Phi) is 9.18. The molecule has 1 unspecified atom stereocenters. The van der Waals surface area contributed by atoms with Crippen LogP contribution in [0.3, 0.4) is 0 Å². The lowest BCUT2D eigenvalue weighted by Crippen LogP contribution is -2.39. The van der Waals surface area contributed by atoms with E-state index in [1.807, 2.05) is 6.20 Å². The number of hydrogen-bond acceptors (Lipinski definition) is 3. The van der Waals surface area contributed by atoms with E-state index in [1.165, 1.54) is 69.9 Å². The molecule has 0 radical (unpaired) electrons. The van der Waals surface area contributed by atoms with Crippen molar-refractivity contribution in [2.45, 2.75) is 131 Å². The van der Waals surface area contributed by atoms with Gasteiger partial charge >= 0.3 is 0 Å². The molecule has 1 atom stereocenters. The van der Waals surface area contributed by atoms with Crippen LogP contribution in [-0.2, 0) is 13.0 Å². The van der Waals surface area contributed by atoms with Gasteiger partial charge in [0.25, 0.3) is 0 Å². The van der Waals surface area contributed by atoms with Crippen molar-refractivity contribution in [3.63, 3.8) is 0 Å². The zero-order valence-electron chi connectivity index (χ0n) is 20.3. The van der Waals surface area contributed by atoms with E-state index in [2.05, 4.69) is 61.9 Å². The minimum absolute atomic E-state index is 0.242. The summed E-state index contributed by atoms with van der Waals surface area (Å²) >= 11 is 0. The van der Waals surface area contributed by atoms with Crippen molar-refractivity contribution in [1.82, 2.24) is 20.3 Å². The highest BCUT2D eigenvalue weighted by Gasteiger charge is 2.55. The van der Waals surface area contributed by atoms with Gasteiger partial charge in [-0.2, -0.15) is 0 Å². The standard InChI is InChI=1S/C25H48N4/c1-7-10-11-12-16-24(6,9-3)25(17-18-25)21-29-22(20-27-28-29)14-13-19-26-23(4,5)15-8-2/h20,26H,7-19,21H2,1-6H3. The van der Waals surface area contributed by atoms with Crippen molar-refractivity contribution in [3.8, 4) is 0 Å². The van der Waals surface area contributed by atoms with Gasteiger partial charge in [0.05, 0.1) is 11.9 Å². The van der Waals surface area contributed by atoms with Crippen molar-refractivity contribution in [3.05, 3.63) is 11.9 Å². The Hall–Kier alpha value is -0.900. The molecule has 29 heavy (non-hydrogen) atoms. The number of unbranched alkanes of at least 4 members (excludes halogenated alkanes) is 3. The lowest BCUT2D eigenvalue weighted by molar-refractivity contribution is 0.107. The van der Waals surface area contributed by atoms with Gasteiger partial charge in [0, 0.05) is 12.1 Å². The quantitative estimate of drug-likeness (QED) is 0.318. The monoisotopic (exact) mass is 404 g/mol. The van der Waals surface area contributed by atoms with E-state index >= 15 is 0 Å². The van der Waals surface area contributed by atoms with Crippen LogP contribution in [0, 0.1) is 10.8 Å². The fraction of sp³-hybridized carbons (Fsp3) is 0.920. The largest absolute Gasteiger partial charge is 0.312 e. The number of nitrogens with zero attached hydrogens (tertiary/aromatic N) is 3. The summed E-state index contributed by atoms with van der Waals surface area (Å²) < 4.78 is 2.24. The van der Waals surface area contributed by atoms with Gasteiger partial charge in [0.2, 0.25) is 0 Å². The lowest BCUT2D eigenvalue weighted by Gasteiger charge is -2.38. The van der Waals surface area contributed by atoms with E-state index < -0.39 is 0 Å². The molecule has 0 amide bonds. The molecule has 0 spiro atoms. The first-order valence-electron chi connectivity index (χ1n) is 12.4. The molecule has 168 valence electrons. The zero-order chi connectivity index (χ0) is 21.4. The second kappa shape index (κ2) is 10.9. The smallest absolute Gasteiger partial charge is 0.0725 e. The third-order valence-electron chi connectivity index (χ3n) is 7.73. The first-order chi connectivity index (χ1) is 13.8. The number of rotatable bonds is 16. The summed E-state index contributed by atoms with van der Waals surface area (Å²) in [7, 11) is 0. The number of nitrogens with one attached hydrogen (secondary N) is 1. The van der Waals surface area contributed by atoms with Crippen LogP contribution in [0.5, 0.6) is 0 Å². The molecule has 0 saturated heterocycles. The van der Waals surface area contributed by atoms with E-state index in [0.717, 1.165) is 25.9 Å². The molecule has 1 aromatic heterocycles. The molecule has 0 aliphatic heterocycles. The van der Waals surface area contributed by atoms with Crippen LogP contribution in [-0.4, -0.2) is 27.1 Å². The molecule has 1 saturated carbocycles. The Bertz CT molecular complexity index is 587.